The zero-order valence-corrected chi connectivity index (χ0v) is 16.9. The third kappa shape index (κ3) is 8.40. The minimum Gasteiger partial charge on any atom is -0.385 e. The van der Waals surface area contributed by atoms with E-state index >= 15 is 0 Å². The van der Waals surface area contributed by atoms with Crippen LogP contribution in [-0.4, -0.2) is 80.4 Å². The molecular formula is C18H30F3N7O. The van der Waals surface area contributed by atoms with Gasteiger partial charge in [0.2, 0.25) is 5.95 Å². The molecule has 1 aromatic rings. The summed E-state index contributed by atoms with van der Waals surface area (Å²) >= 11 is 0. The zero-order chi connectivity index (χ0) is 21.1. The largest absolute Gasteiger partial charge is 0.433 e. The number of likely N-dealkylation sites (tertiary alicyclic amines) is 1. The van der Waals surface area contributed by atoms with Gasteiger partial charge in [-0.2, -0.15) is 13.2 Å². The number of ether oxygens (including phenoxy) is 1. The third-order valence-electron chi connectivity index (χ3n) is 4.62. The predicted octanol–water partition coefficient (Wildman–Crippen LogP) is 1.57. The minimum absolute atomic E-state index is 0.0505. The van der Waals surface area contributed by atoms with Gasteiger partial charge in [0, 0.05) is 65.7 Å². The Morgan fingerprint density at radius 2 is 2.07 bits per heavy atom. The number of methoxy groups -OCH3 is 1. The Kier molecular flexibility index (Phi) is 9.39. The van der Waals surface area contributed by atoms with Gasteiger partial charge in [-0.1, -0.05) is 0 Å². The van der Waals surface area contributed by atoms with Gasteiger partial charge in [-0.25, -0.2) is 9.97 Å². The molecule has 29 heavy (non-hydrogen) atoms. The van der Waals surface area contributed by atoms with E-state index in [1.807, 2.05) is 0 Å². The SMILES string of the molecule is CN=C(NCCNc1nccc(C(F)(F)F)n1)NC1CCN(CCCOC)CC1. The Hall–Kier alpha value is -2.14. The number of alkyl halides is 3. The molecule has 0 bridgehead atoms. The molecule has 0 aromatic carbocycles. The van der Waals surface area contributed by atoms with Crippen LogP contribution < -0.4 is 16.0 Å². The molecular weight excluding hydrogens is 387 g/mol. The lowest BCUT2D eigenvalue weighted by atomic mass is 10.1. The molecule has 1 aliphatic rings. The minimum atomic E-state index is -4.48. The molecule has 3 N–H and O–H groups in total. The lowest BCUT2D eigenvalue weighted by Gasteiger charge is -2.33. The van der Waals surface area contributed by atoms with Gasteiger partial charge >= 0.3 is 6.18 Å². The molecule has 1 aromatic heterocycles. The average Bonchev–Trinajstić information content (AvgIpc) is 2.71. The first kappa shape index (κ1) is 23.1. The van der Waals surface area contributed by atoms with Crippen LogP contribution in [0.5, 0.6) is 0 Å². The highest BCUT2D eigenvalue weighted by atomic mass is 19.4. The van der Waals surface area contributed by atoms with Crippen LogP contribution in [0.4, 0.5) is 19.1 Å². The number of nitrogens with zero attached hydrogens (tertiary/aromatic N) is 4. The summed E-state index contributed by atoms with van der Waals surface area (Å²) in [5, 5.41) is 9.34. The maximum Gasteiger partial charge on any atom is 0.433 e. The summed E-state index contributed by atoms with van der Waals surface area (Å²) < 4.78 is 43.1. The fourth-order valence-electron chi connectivity index (χ4n) is 3.08. The molecule has 0 unspecified atom stereocenters. The highest BCUT2D eigenvalue weighted by Gasteiger charge is 2.32. The second kappa shape index (κ2) is 11.8. The summed E-state index contributed by atoms with van der Waals surface area (Å²) in [6.07, 6.45) is -0.287. The van der Waals surface area contributed by atoms with Crippen molar-refractivity contribution in [1.82, 2.24) is 25.5 Å². The lowest BCUT2D eigenvalue weighted by Crippen LogP contribution is -2.49. The van der Waals surface area contributed by atoms with Crippen molar-refractivity contribution in [1.29, 1.82) is 0 Å². The highest BCUT2D eigenvalue weighted by Crippen LogP contribution is 2.27. The lowest BCUT2D eigenvalue weighted by molar-refractivity contribution is -0.141. The van der Waals surface area contributed by atoms with Crippen molar-refractivity contribution in [3.8, 4) is 0 Å². The fraction of sp³-hybridized carbons (Fsp3) is 0.722. The van der Waals surface area contributed by atoms with E-state index in [4.69, 9.17) is 4.74 Å². The van der Waals surface area contributed by atoms with Gasteiger partial charge in [0.15, 0.2) is 5.96 Å². The Morgan fingerprint density at radius 3 is 2.72 bits per heavy atom. The highest BCUT2D eigenvalue weighted by molar-refractivity contribution is 5.80. The molecule has 0 spiro atoms. The summed E-state index contributed by atoms with van der Waals surface area (Å²) in [6, 6.07) is 1.19. The van der Waals surface area contributed by atoms with E-state index in [-0.39, 0.29) is 5.95 Å². The summed E-state index contributed by atoms with van der Waals surface area (Å²) in [4.78, 5) is 13.9. The van der Waals surface area contributed by atoms with Crippen LogP contribution in [-0.2, 0) is 10.9 Å². The van der Waals surface area contributed by atoms with Crippen LogP contribution in [0.25, 0.3) is 0 Å². The number of aliphatic imine (C=N–C) groups is 1. The van der Waals surface area contributed by atoms with Crippen molar-refractivity contribution in [2.24, 2.45) is 4.99 Å². The molecule has 11 heteroatoms. The van der Waals surface area contributed by atoms with E-state index in [1.54, 1.807) is 14.2 Å². The Balaban J connectivity index is 1.66. The molecule has 0 saturated carbocycles. The average molecular weight is 417 g/mol. The van der Waals surface area contributed by atoms with E-state index < -0.39 is 11.9 Å². The molecule has 0 amide bonds. The van der Waals surface area contributed by atoms with Crippen LogP contribution in [0, 0.1) is 0 Å². The molecule has 0 atom stereocenters. The fourth-order valence-corrected chi connectivity index (χ4v) is 3.08. The number of hydrogen-bond acceptors (Lipinski definition) is 6. The van der Waals surface area contributed by atoms with Crippen molar-refractivity contribution >= 4 is 11.9 Å². The van der Waals surface area contributed by atoms with Crippen LogP contribution in [0.2, 0.25) is 0 Å². The monoisotopic (exact) mass is 417 g/mol. The number of rotatable bonds is 9. The first-order valence-corrected chi connectivity index (χ1v) is 9.75. The van der Waals surface area contributed by atoms with E-state index in [1.165, 1.54) is 0 Å². The zero-order valence-electron chi connectivity index (χ0n) is 16.9. The molecule has 8 nitrogen and oxygen atoms in total. The first-order valence-electron chi connectivity index (χ1n) is 9.75. The van der Waals surface area contributed by atoms with Gasteiger partial charge in [0.25, 0.3) is 0 Å². The first-order chi connectivity index (χ1) is 13.9. The molecule has 164 valence electrons. The van der Waals surface area contributed by atoms with Gasteiger partial charge in [-0.15, -0.1) is 0 Å². The number of piperidine rings is 1. The number of nitrogens with one attached hydrogen (secondary N) is 3. The van der Waals surface area contributed by atoms with Gasteiger partial charge in [-0.05, 0) is 25.3 Å². The summed E-state index contributed by atoms with van der Waals surface area (Å²) in [6.45, 7) is 4.74. The predicted molar refractivity (Wildman–Crippen MR) is 106 cm³/mol. The topological polar surface area (TPSA) is 86.7 Å². The Morgan fingerprint density at radius 1 is 1.31 bits per heavy atom. The van der Waals surface area contributed by atoms with Crippen molar-refractivity contribution in [3.63, 3.8) is 0 Å². The third-order valence-corrected chi connectivity index (χ3v) is 4.62. The summed E-state index contributed by atoms with van der Waals surface area (Å²) in [5.41, 5.74) is -0.964. The van der Waals surface area contributed by atoms with Crippen LogP contribution in [0.1, 0.15) is 25.0 Å². The van der Waals surface area contributed by atoms with E-state index in [9.17, 15) is 13.2 Å². The number of halogens is 3. The molecule has 1 saturated heterocycles. The second-order valence-corrected chi connectivity index (χ2v) is 6.80. The van der Waals surface area contributed by atoms with Crippen molar-refractivity contribution in [2.45, 2.75) is 31.5 Å². The Labute approximate surface area is 169 Å². The molecule has 0 radical (unpaired) electrons. The van der Waals surface area contributed by atoms with Crippen molar-refractivity contribution < 1.29 is 17.9 Å². The van der Waals surface area contributed by atoms with Gasteiger partial charge in [0.05, 0.1) is 0 Å². The van der Waals surface area contributed by atoms with Gasteiger partial charge < -0.3 is 25.6 Å². The number of aromatic nitrogens is 2. The number of guanidine groups is 1. The molecule has 0 aliphatic carbocycles. The summed E-state index contributed by atoms with van der Waals surface area (Å²) in [5.74, 6) is 0.625. The van der Waals surface area contributed by atoms with Crippen molar-refractivity contribution in [2.75, 3.05) is 58.8 Å². The van der Waals surface area contributed by atoms with Crippen LogP contribution >= 0.6 is 0 Å². The molecule has 1 aliphatic heterocycles. The normalized spacial score (nSPS) is 16.7. The maximum atomic E-state index is 12.7. The van der Waals surface area contributed by atoms with Gasteiger partial charge in [-0.3, -0.25) is 4.99 Å². The van der Waals surface area contributed by atoms with Crippen LogP contribution in [0.3, 0.4) is 0 Å². The quantitative estimate of drug-likeness (QED) is 0.319. The van der Waals surface area contributed by atoms with E-state index in [2.05, 4.69) is 35.8 Å². The van der Waals surface area contributed by atoms with E-state index in [0.29, 0.717) is 25.1 Å². The van der Waals surface area contributed by atoms with Crippen LogP contribution in [0.15, 0.2) is 17.3 Å². The van der Waals surface area contributed by atoms with E-state index in [0.717, 1.165) is 57.8 Å². The maximum absolute atomic E-state index is 12.7. The second-order valence-electron chi connectivity index (χ2n) is 6.80. The van der Waals surface area contributed by atoms with Crippen molar-refractivity contribution in [3.05, 3.63) is 18.0 Å². The standard InChI is InChI=1S/C18H30F3N7O/c1-22-16(26-14-5-11-28(12-6-14)10-3-13-29-2)24-8-9-25-17-23-7-4-15(27-17)18(19,20)21/h4,7,14H,3,5-6,8-13H2,1-2H3,(H2,22,24,26)(H,23,25,27). The molecule has 1 fully saturated rings. The smallest absolute Gasteiger partial charge is 0.385 e. The number of hydrogen-bond donors (Lipinski definition) is 3. The van der Waals surface area contributed by atoms with Gasteiger partial charge in [0.1, 0.15) is 5.69 Å². The molecule has 2 heterocycles. The Bertz CT molecular complexity index is 634. The number of anilines is 1. The summed E-state index contributed by atoms with van der Waals surface area (Å²) in [7, 11) is 3.41. The molecule has 2 rings (SSSR count).